The maximum absolute atomic E-state index is 16.8. The lowest BCUT2D eigenvalue weighted by molar-refractivity contribution is -0.162. The topological polar surface area (TPSA) is 140 Å². The molecule has 0 heterocycles. The van der Waals surface area contributed by atoms with E-state index in [-0.39, 0.29) is 13.2 Å². The van der Waals surface area contributed by atoms with E-state index in [1.54, 1.807) is 0 Å². The van der Waals surface area contributed by atoms with E-state index in [0.717, 1.165) is 89.0 Å². The van der Waals surface area contributed by atoms with E-state index in [4.69, 9.17) is 24.3 Å². The van der Waals surface area contributed by atoms with Crippen molar-refractivity contribution in [1.29, 1.82) is 0 Å². The predicted octanol–water partition coefficient (Wildman–Crippen LogP) is 15.9. The molecule has 0 bridgehead atoms. The van der Waals surface area contributed by atoms with Crippen molar-refractivity contribution in [2.24, 2.45) is 0 Å². The summed E-state index contributed by atoms with van der Waals surface area (Å²) in [6, 6.07) is 18.9. The molecule has 0 amide bonds. The van der Waals surface area contributed by atoms with E-state index in [1.165, 1.54) is 0 Å². The molecule has 0 aliphatic heterocycles. The van der Waals surface area contributed by atoms with E-state index in [2.05, 4.69) is 247 Å². The van der Waals surface area contributed by atoms with Crippen LogP contribution in [-0.2, 0) is 63.6 Å². The maximum Gasteiger partial charge on any atom is 0.334 e. The minimum atomic E-state index is -2.61. The normalized spacial score (nSPS) is 14.0. The Morgan fingerprint density at radius 1 is 0.338 bits per heavy atom. The van der Waals surface area contributed by atoms with Crippen LogP contribution in [0.25, 0.3) is 0 Å². The van der Waals surface area contributed by atoms with Gasteiger partial charge >= 0.3 is 17.2 Å². The Labute approximate surface area is 453 Å². The monoisotopic (exact) mass is 1060 g/mol. The molecular formula is C64H102O8P2. The third-order valence-corrected chi connectivity index (χ3v) is 15.3. The van der Waals surface area contributed by atoms with Crippen LogP contribution in [0.1, 0.15) is 255 Å². The summed E-state index contributed by atoms with van der Waals surface area (Å²) in [6.45, 7) is 64.1. The van der Waals surface area contributed by atoms with Gasteiger partial charge in [-0.1, -0.05) is 237 Å². The van der Waals surface area contributed by atoms with Crippen LogP contribution in [0.3, 0.4) is 0 Å². The molecule has 0 saturated heterocycles. The second-order valence-electron chi connectivity index (χ2n) is 29.5. The lowest BCUT2D eigenvalue weighted by Gasteiger charge is -2.57. The Hall–Kier alpha value is -2.58. The molecule has 74 heavy (non-hydrogen) atoms. The van der Waals surface area contributed by atoms with Crippen LogP contribution in [0.4, 0.5) is 0 Å². The molecule has 4 aromatic rings. The summed E-state index contributed by atoms with van der Waals surface area (Å²) in [6.07, 6.45) is 0. The highest BCUT2D eigenvalue weighted by Gasteiger charge is 2.65. The number of ether oxygens (including phenoxy) is 1. The first kappa shape index (κ1) is 65.7. The summed E-state index contributed by atoms with van der Waals surface area (Å²) in [5.74, 6) is 0. The van der Waals surface area contributed by atoms with Gasteiger partial charge in [0.2, 0.25) is 0 Å². The fraction of sp³-hybridized carbons (Fsp3) is 0.625. The molecule has 0 spiro atoms. The Kier molecular flexibility index (Phi) is 19.8. The minimum absolute atomic E-state index is 0.0203. The van der Waals surface area contributed by atoms with Gasteiger partial charge in [0.05, 0.1) is 13.2 Å². The number of aryl methyl sites for hydroxylation is 4. The van der Waals surface area contributed by atoms with Gasteiger partial charge in [-0.15, -0.1) is 0 Å². The molecule has 0 fully saturated rings. The summed E-state index contributed by atoms with van der Waals surface area (Å²) in [4.78, 5) is 31.3. The zero-order chi connectivity index (χ0) is 57.9. The van der Waals surface area contributed by atoms with E-state index < -0.39 is 71.7 Å². The average Bonchev–Trinajstić information content (AvgIpc) is 3.17. The van der Waals surface area contributed by atoms with Gasteiger partial charge < -0.3 is 34.5 Å². The highest BCUT2D eigenvalue weighted by atomic mass is 31.2. The highest BCUT2D eigenvalue weighted by molar-refractivity contribution is 7.53. The number of benzene rings is 4. The van der Waals surface area contributed by atoms with Crippen molar-refractivity contribution in [3.05, 3.63) is 138 Å². The van der Waals surface area contributed by atoms with Gasteiger partial charge in [0.1, 0.15) is 0 Å². The fourth-order valence-corrected chi connectivity index (χ4v) is 11.4. The summed E-state index contributed by atoms with van der Waals surface area (Å²) in [7, 11) is -5.22. The van der Waals surface area contributed by atoms with Gasteiger partial charge in [-0.2, -0.15) is 0 Å². The van der Waals surface area contributed by atoms with Gasteiger partial charge in [-0.05, 0) is 138 Å². The number of aliphatic hydroxyl groups is 2. The first-order chi connectivity index (χ1) is 32.9. The lowest BCUT2D eigenvalue weighted by Crippen LogP contribution is -2.59. The number of rotatable bonds is 10. The first-order valence-electron chi connectivity index (χ1n) is 26.6. The first-order valence-corrected chi connectivity index (χ1v) is 28.9. The van der Waals surface area contributed by atoms with Crippen LogP contribution in [0.2, 0.25) is 0 Å². The van der Waals surface area contributed by atoms with Gasteiger partial charge in [0.25, 0.3) is 0 Å². The minimum Gasteiger partial charge on any atom is -0.394 e. The van der Waals surface area contributed by atoms with Gasteiger partial charge in [-0.3, -0.25) is 0 Å². The largest absolute Gasteiger partial charge is 0.394 e. The molecule has 0 aromatic heterocycles. The smallest absolute Gasteiger partial charge is 0.334 e. The summed E-state index contributed by atoms with van der Waals surface area (Å²) in [5.41, 5.74) is 10.0. The van der Waals surface area contributed by atoms with Crippen molar-refractivity contribution in [2.45, 2.75) is 248 Å². The molecule has 0 atom stereocenters. The summed E-state index contributed by atoms with van der Waals surface area (Å²) >= 11 is 0. The summed E-state index contributed by atoms with van der Waals surface area (Å²) in [5, 5.41) is 28.4. The molecule has 10 heteroatoms. The van der Waals surface area contributed by atoms with Crippen LogP contribution in [-0.4, -0.2) is 43.0 Å². The number of aliphatic hydroxyl groups excluding tert-OH is 1. The van der Waals surface area contributed by atoms with Crippen molar-refractivity contribution < 1.29 is 38.8 Å². The molecule has 6 N–H and O–H groups in total. The van der Waals surface area contributed by atoms with Crippen LogP contribution in [0.5, 0.6) is 0 Å². The van der Waals surface area contributed by atoms with Crippen molar-refractivity contribution >= 4 is 17.2 Å². The van der Waals surface area contributed by atoms with Crippen LogP contribution >= 0.6 is 17.2 Å². The number of hydrogen-bond donors (Lipinski definition) is 6. The van der Waals surface area contributed by atoms with Crippen molar-refractivity contribution in [3.8, 4) is 0 Å². The van der Waals surface area contributed by atoms with Crippen LogP contribution < -0.4 is 0 Å². The number of hydrogen-bond acceptors (Lipinski definition) is 8. The van der Waals surface area contributed by atoms with E-state index >= 15 is 5.11 Å². The van der Waals surface area contributed by atoms with E-state index in [1.807, 2.05) is 0 Å². The molecule has 0 unspecified atom stereocenters. The van der Waals surface area contributed by atoms with Crippen LogP contribution in [0, 0.1) is 27.7 Å². The lowest BCUT2D eigenvalue weighted by atomic mass is 9.52. The maximum atomic E-state index is 16.8. The van der Waals surface area contributed by atoms with Gasteiger partial charge in [0, 0.05) is 0 Å². The SMILES string of the molecule is Cc1cc(C(C)(C)C)c(C(O)(c2c(C(C)(C)C)cc(C)cc2C(C)(C)C)C(OCCO)(c2c(C(C)(C)C)cc(C)cc2C(C)(C)C)c2c(C(C)(C)C)cc(C)cc2C(C)(C)C)c(C(C)(C)C)c1.OP(O)OP(O)O. The molecule has 4 rings (SSSR count). The molecule has 4 aromatic carbocycles. The molecule has 0 saturated carbocycles. The van der Waals surface area contributed by atoms with Crippen molar-refractivity contribution in [2.75, 3.05) is 13.2 Å². The van der Waals surface area contributed by atoms with E-state index in [0.29, 0.717) is 0 Å². The molecule has 0 aliphatic carbocycles. The fourth-order valence-electron chi connectivity index (χ4n) is 10.9. The Balaban J connectivity index is 0.00000192. The zero-order valence-corrected chi connectivity index (χ0v) is 53.2. The molecular weight excluding hydrogens is 959 g/mol. The van der Waals surface area contributed by atoms with Crippen molar-refractivity contribution in [1.82, 2.24) is 0 Å². The highest BCUT2D eigenvalue weighted by Crippen LogP contribution is 2.64. The molecule has 0 radical (unpaired) electrons. The second-order valence-corrected chi connectivity index (χ2v) is 31.2. The van der Waals surface area contributed by atoms with Crippen molar-refractivity contribution in [3.63, 3.8) is 0 Å². The second kappa shape index (κ2) is 22.3. The Morgan fingerprint density at radius 2 is 0.514 bits per heavy atom. The quantitative estimate of drug-likeness (QED) is 0.0863. The molecule has 416 valence electrons. The Morgan fingerprint density at radius 3 is 0.649 bits per heavy atom. The third kappa shape index (κ3) is 14.2. The zero-order valence-electron chi connectivity index (χ0n) is 51.4. The molecule has 8 nitrogen and oxygen atoms in total. The standard InChI is InChI=1S/C64H98O3.H4O5P2/c1-39-31-43(55(5,6)7)51(44(32-39)56(8,9)10)63(66,52-45(57(11,12)13)33-40(2)34-46(52)58(14,15)16)64(67-30-29-65,53-47(59(17,18)19)35-41(3)36-48(53)60(20,21)22)54-49(61(23,24)25)37-42(4)38-50(54)62(26,27)28;1-6(2)5-7(3)4/h31-38,65-66H,29-30H2,1-28H3;1-4H. The summed E-state index contributed by atoms with van der Waals surface area (Å²) < 4.78 is 11.9. The third-order valence-electron chi connectivity index (χ3n) is 14.1. The Bertz CT molecular complexity index is 2290. The van der Waals surface area contributed by atoms with Crippen LogP contribution in [0.15, 0.2) is 48.5 Å². The predicted molar refractivity (Wildman–Crippen MR) is 315 cm³/mol. The van der Waals surface area contributed by atoms with Gasteiger partial charge in [0.15, 0.2) is 11.2 Å². The molecule has 0 aliphatic rings. The van der Waals surface area contributed by atoms with E-state index in [9.17, 15) is 5.11 Å². The average molecular weight is 1060 g/mol. The van der Waals surface area contributed by atoms with Gasteiger partial charge in [-0.25, -0.2) is 4.31 Å².